The fraction of sp³-hybridized carbons (Fsp3) is 0.333. The molecule has 1 aromatic carbocycles. The molecular weight excluding hydrogens is 425 g/mol. The van der Waals surface area contributed by atoms with Crippen LogP contribution in [-0.4, -0.2) is 45.6 Å². The number of ketones is 1. The van der Waals surface area contributed by atoms with Gasteiger partial charge in [0.1, 0.15) is 5.75 Å². The Morgan fingerprint density at radius 3 is 2.59 bits per heavy atom. The van der Waals surface area contributed by atoms with Gasteiger partial charge < -0.3 is 19.4 Å². The summed E-state index contributed by atoms with van der Waals surface area (Å²) in [5.74, 6) is -0.757. The first kappa shape index (κ1) is 22.5. The summed E-state index contributed by atoms with van der Waals surface area (Å²) in [6.07, 6.45) is 0.246. The molecule has 0 saturated heterocycles. The molecule has 2 rings (SSSR count). The lowest BCUT2D eigenvalue weighted by molar-refractivity contribution is -0.144. The Bertz CT molecular complexity index is 958. The van der Waals surface area contributed by atoms with Crippen LogP contribution in [0, 0.1) is 6.92 Å². The van der Waals surface area contributed by atoms with Gasteiger partial charge in [-0.1, -0.05) is 28.4 Å². The summed E-state index contributed by atoms with van der Waals surface area (Å²) in [5.41, 5.74) is 1.10. The van der Waals surface area contributed by atoms with E-state index in [1.807, 2.05) is 0 Å². The number of hydrogen-bond donors (Lipinski definition) is 1. The normalized spacial score (nSPS) is 12.1. The molecule has 1 atom stereocenters. The lowest BCUT2D eigenvalue weighted by Gasteiger charge is -2.15. The zero-order chi connectivity index (χ0) is 21.7. The molecule has 9 nitrogen and oxygen atoms in total. The molecule has 0 aliphatic rings. The van der Waals surface area contributed by atoms with Gasteiger partial charge in [0.15, 0.2) is 24.2 Å². The van der Waals surface area contributed by atoms with Crippen LogP contribution in [0.4, 0.5) is 0 Å². The van der Waals surface area contributed by atoms with Crippen molar-refractivity contribution in [1.29, 1.82) is 0 Å². The minimum atomic E-state index is -1.15. The fourth-order valence-corrected chi connectivity index (χ4v) is 2.63. The summed E-state index contributed by atoms with van der Waals surface area (Å²) in [6.45, 7) is 4.34. The third kappa shape index (κ3) is 5.85. The van der Waals surface area contributed by atoms with Crippen molar-refractivity contribution in [3.05, 3.63) is 33.4 Å². The van der Waals surface area contributed by atoms with Crippen molar-refractivity contribution >= 4 is 41.2 Å². The van der Waals surface area contributed by atoms with Crippen molar-refractivity contribution in [2.24, 2.45) is 12.2 Å². The van der Waals surface area contributed by atoms with E-state index in [2.05, 4.69) is 10.3 Å². The molecule has 0 spiro atoms. The molecule has 156 valence electrons. The molecule has 1 heterocycles. The number of aromatic nitrogens is 2. The third-order valence-electron chi connectivity index (χ3n) is 3.58. The van der Waals surface area contributed by atoms with Crippen LogP contribution >= 0.6 is 23.2 Å². The first-order valence-corrected chi connectivity index (χ1v) is 9.10. The Morgan fingerprint density at radius 1 is 1.31 bits per heavy atom. The van der Waals surface area contributed by atoms with Crippen LogP contribution in [0.15, 0.2) is 17.3 Å². The number of halogens is 2. The standard InChI is InChI=1S/C18H19Cl2N3O6/c1-9(24)8-27-21-7-12-10(2)22-23(4)17(12)29-16-6-15(13(19)5-14(16)20)28-11(3)18(25)26/h5-7,11H,8H2,1-4H3,(H,25,26)/b21-7+/t11-/m0/s1. The second-order valence-electron chi connectivity index (χ2n) is 6.05. The molecule has 0 aliphatic heterocycles. The SMILES string of the molecule is CC(=O)CO/N=C/c1c(C)nn(C)c1Oc1cc(O[C@@H](C)C(=O)O)c(Cl)cc1Cl. The summed E-state index contributed by atoms with van der Waals surface area (Å²) in [5, 5.41) is 17.3. The number of carboxylic acid groups (broad SMARTS) is 1. The monoisotopic (exact) mass is 443 g/mol. The number of ether oxygens (including phenoxy) is 2. The lowest BCUT2D eigenvalue weighted by atomic mass is 10.2. The zero-order valence-electron chi connectivity index (χ0n) is 16.1. The summed E-state index contributed by atoms with van der Waals surface area (Å²) >= 11 is 12.3. The van der Waals surface area contributed by atoms with E-state index in [0.717, 1.165) is 0 Å². The maximum atomic E-state index is 11.0. The van der Waals surface area contributed by atoms with E-state index < -0.39 is 12.1 Å². The molecule has 29 heavy (non-hydrogen) atoms. The third-order valence-corrected chi connectivity index (χ3v) is 4.17. The molecule has 0 amide bonds. The van der Waals surface area contributed by atoms with Crippen LogP contribution in [0.1, 0.15) is 25.1 Å². The van der Waals surface area contributed by atoms with E-state index in [1.165, 1.54) is 36.9 Å². The summed E-state index contributed by atoms with van der Waals surface area (Å²) in [7, 11) is 1.66. The van der Waals surface area contributed by atoms with Crippen molar-refractivity contribution in [3.8, 4) is 17.4 Å². The van der Waals surface area contributed by atoms with Gasteiger partial charge in [0.2, 0.25) is 5.88 Å². The minimum absolute atomic E-state index is 0.0971. The van der Waals surface area contributed by atoms with E-state index in [9.17, 15) is 9.59 Å². The molecule has 0 aliphatic carbocycles. The van der Waals surface area contributed by atoms with E-state index in [0.29, 0.717) is 17.1 Å². The van der Waals surface area contributed by atoms with Crippen LogP contribution in [0.5, 0.6) is 17.4 Å². The topological polar surface area (TPSA) is 112 Å². The second kappa shape index (κ2) is 9.62. The number of rotatable bonds is 9. The highest BCUT2D eigenvalue weighted by Gasteiger charge is 2.20. The zero-order valence-corrected chi connectivity index (χ0v) is 17.6. The highest BCUT2D eigenvalue weighted by molar-refractivity contribution is 6.36. The highest BCUT2D eigenvalue weighted by Crippen LogP contribution is 2.39. The molecule has 0 bridgehead atoms. The first-order chi connectivity index (χ1) is 13.6. The number of oxime groups is 1. The van der Waals surface area contributed by atoms with Gasteiger partial charge in [-0.15, -0.1) is 0 Å². The maximum Gasteiger partial charge on any atom is 0.344 e. The molecule has 2 aromatic rings. The van der Waals surface area contributed by atoms with Crippen LogP contribution in [0.25, 0.3) is 0 Å². The van der Waals surface area contributed by atoms with Crippen molar-refractivity contribution in [2.75, 3.05) is 6.61 Å². The Balaban J connectivity index is 2.34. The van der Waals surface area contributed by atoms with Crippen molar-refractivity contribution < 1.29 is 29.0 Å². The smallest absolute Gasteiger partial charge is 0.344 e. The van der Waals surface area contributed by atoms with Crippen molar-refractivity contribution in [3.63, 3.8) is 0 Å². The van der Waals surface area contributed by atoms with Crippen molar-refractivity contribution in [1.82, 2.24) is 9.78 Å². The van der Waals surface area contributed by atoms with E-state index in [4.69, 9.17) is 42.6 Å². The van der Waals surface area contributed by atoms with Crippen LogP contribution in [-0.2, 0) is 21.5 Å². The molecule has 0 radical (unpaired) electrons. The Kier molecular flexibility index (Phi) is 7.46. The minimum Gasteiger partial charge on any atom is -0.479 e. The predicted octanol–water partition coefficient (Wildman–Crippen LogP) is 3.62. The summed E-state index contributed by atoms with van der Waals surface area (Å²) in [6, 6.07) is 2.77. The van der Waals surface area contributed by atoms with Crippen molar-refractivity contribution in [2.45, 2.75) is 26.9 Å². The van der Waals surface area contributed by atoms with E-state index >= 15 is 0 Å². The lowest BCUT2D eigenvalue weighted by Crippen LogP contribution is -2.23. The van der Waals surface area contributed by atoms with Gasteiger partial charge in [0.25, 0.3) is 0 Å². The van der Waals surface area contributed by atoms with Gasteiger partial charge in [-0.05, 0) is 26.8 Å². The molecule has 1 aromatic heterocycles. The molecular formula is C18H19Cl2N3O6. The number of aliphatic carboxylic acids is 1. The van der Waals surface area contributed by atoms with Gasteiger partial charge in [0, 0.05) is 13.1 Å². The number of carboxylic acids is 1. The Hall–Kier alpha value is -2.78. The highest BCUT2D eigenvalue weighted by atomic mass is 35.5. The number of carbonyl (C=O) groups is 2. The first-order valence-electron chi connectivity index (χ1n) is 8.34. The maximum absolute atomic E-state index is 11.0. The quantitative estimate of drug-likeness (QED) is 0.464. The molecule has 1 N–H and O–H groups in total. The molecule has 11 heteroatoms. The number of benzene rings is 1. The van der Waals surface area contributed by atoms with Crippen LogP contribution in [0.2, 0.25) is 10.0 Å². The average Bonchev–Trinajstić information content (AvgIpc) is 2.88. The van der Waals surface area contributed by atoms with Gasteiger partial charge in [-0.25, -0.2) is 9.48 Å². The number of Topliss-reactive ketones (excluding diaryl/α,β-unsaturated/α-hetero) is 1. The van der Waals surface area contributed by atoms with E-state index in [1.54, 1.807) is 14.0 Å². The Labute approximate surface area is 176 Å². The van der Waals surface area contributed by atoms with Gasteiger partial charge in [-0.3, -0.25) is 4.79 Å². The molecule has 0 fully saturated rings. The summed E-state index contributed by atoms with van der Waals surface area (Å²) < 4.78 is 12.7. The van der Waals surface area contributed by atoms with E-state index in [-0.39, 0.29) is 33.9 Å². The number of aryl methyl sites for hydroxylation is 2. The van der Waals surface area contributed by atoms with Gasteiger partial charge in [-0.2, -0.15) is 5.10 Å². The number of hydrogen-bond acceptors (Lipinski definition) is 7. The van der Waals surface area contributed by atoms with Crippen LogP contribution < -0.4 is 9.47 Å². The van der Waals surface area contributed by atoms with Crippen LogP contribution in [0.3, 0.4) is 0 Å². The molecule has 0 saturated carbocycles. The summed E-state index contributed by atoms with van der Waals surface area (Å²) in [4.78, 5) is 26.9. The predicted molar refractivity (Wildman–Crippen MR) is 106 cm³/mol. The van der Waals surface area contributed by atoms with Gasteiger partial charge >= 0.3 is 5.97 Å². The number of carbonyl (C=O) groups excluding carboxylic acids is 1. The fourth-order valence-electron chi connectivity index (χ4n) is 2.17. The average molecular weight is 444 g/mol. The molecule has 0 unspecified atom stereocenters. The van der Waals surface area contributed by atoms with Gasteiger partial charge in [0.05, 0.1) is 27.5 Å². The Morgan fingerprint density at radius 2 is 1.97 bits per heavy atom. The number of nitrogens with zero attached hydrogens (tertiary/aromatic N) is 3. The second-order valence-corrected chi connectivity index (χ2v) is 6.87. The largest absolute Gasteiger partial charge is 0.479 e.